The number of aryl methyl sites for hydroxylation is 2. The normalized spacial score (nSPS) is 12.3. The maximum absolute atomic E-state index is 6.12. The van der Waals surface area contributed by atoms with Gasteiger partial charge in [-0.1, -0.05) is 25.1 Å². The molecule has 0 spiro atoms. The Kier molecular flexibility index (Phi) is 4.41. The first kappa shape index (κ1) is 15.3. The van der Waals surface area contributed by atoms with Crippen molar-refractivity contribution >= 4 is 11.6 Å². The average Bonchev–Trinajstić information content (AvgIpc) is 3.01. The zero-order chi connectivity index (χ0) is 16.2. The molecule has 1 N–H and O–H groups in total. The minimum absolute atomic E-state index is 0.0724. The van der Waals surface area contributed by atoms with Crippen LogP contribution in [0.15, 0.2) is 36.7 Å². The van der Waals surface area contributed by atoms with Crippen molar-refractivity contribution in [3.63, 3.8) is 0 Å². The molecule has 1 aromatic carbocycles. The van der Waals surface area contributed by atoms with E-state index in [0.717, 1.165) is 29.2 Å². The number of aromatic nitrogens is 4. The standard InChI is InChI=1S/C17H21N5O/c1-4-14(23-15-8-6-5-7-12(15)2)10-18-16-9-13(3)21-17-19-11-20-22(16)17/h5-9,11,14,18H,4,10H2,1-3H3. The zero-order valence-corrected chi connectivity index (χ0v) is 13.7. The largest absolute Gasteiger partial charge is 0.488 e. The molecule has 2 aromatic heterocycles. The Balaban J connectivity index is 1.72. The smallest absolute Gasteiger partial charge is 0.254 e. The number of rotatable bonds is 6. The van der Waals surface area contributed by atoms with Crippen LogP contribution in [-0.2, 0) is 0 Å². The van der Waals surface area contributed by atoms with Gasteiger partial charge >= 0.3 is 0 Å². The topological polar surface area (TPSA) is 64.3 Å². The minimum atomic E-state index is 0.0724. The molecule has 3 aromatic rings. The number of nitrogens with zero attached hydrogens (tertiary/aromatic N) is 4. The number of anilines is 1. The lowest BCUT2D eigenvalue weighted by atomic mass is 10.2. The molecule has 6 heteroatoms. The van der Waals surface area contributed by atoms with Gasteiger partial charge in [-0.25, -0.2) is 4.98 Å². The molecule has 0 fully saturated rings. The second-order valence-corrected chi connectivity index (χ2v) is 5.55. The molecule has 0 bridgehead atoms. The summed E-state index contributed by atoms with van der Waals surface area (Å²) in [6.45, 7) is 6.80. The highest BCUT2D eigenvalue weighted by molar-refractivity contribution is 5.44. The van der Waals surface area contributed by atoms with Crippen molar-refractivity contribution in [1.82, 2.24) is 19.6 Å². The Hall–Kier alpha value is -2.63. The third-order valence-corrected chi connectivity index (χ3v) is 3.73. The van der Waals surface area contributed by atoms with Crippen molar-refractivity contribution in [3.05, 3.63) is 47.9 Å². The molecule has 0 radical (unpaired) electrons. The molecular formula is C17H21N5O. The van der Waals surface area contributed by atoms with Crippen LogP contribution in [0, 0.1) is 13.8 Å². The molecule has 120 valence electrons. The van der Waals surface area contributed by atoms with Crippen LogP contribution < -0.4 is 10.1 Å². The SMILES string of the molecule is CCC(CNc1cc(C)nc2ncnn12)Oc1ccccc1C. The fourth-order valence-electron chi connectivity index (χ4n) is 2.41. The van der Waals surface area contributed by atoms with Gasteiger partial charge in [-0.05, 0) is 31.9 Å². The van der Waals surface area contributed by atoms with Gasteiger partial charge in [-0.3, -0.25) is 0 Å². The maximum atomic E-state index is 6.12. The highest BCUT2D eigenvalue weighted by Gasteiger charge is 2.12. The predicted octanol–water partition coefficient (Wildman–Crippen LogP) is 3.01. The van der Waals surface area contributed by atoms with E-state index in [-0.39, 0.29) is 6.10 Å². The average molecular weight is 311 g/mol. The van der Waals surface area contributed by atoms with Gasteiger partial charge in [0.2, 0.25) is 0 Å². The summed E-state index contributed by atoms with van der Waals surface area (Å²) in [6, 6.07) is 10.0. The van der Waals surface area contributed by atoms with Crippen LogP contribution in [0.1, 0.15) is 24.6 Å². The molecule has 23 heavy (non-hydrogen) atoms. The lowest BCUT2D eigenvalue weighted by Crippen LogP contribution is -2.26. The van der Waals surface area contributed by atoms with Crippen LogP contribution in [0.2, 0.25) is 0 Å². The number of hydrogen-bond donors (Lipinski definition) is 1. The molecule has 1 atom stereocenters. The summed E-state index contributed by atoms with van der Waals surface area (Å²) in [4.78, 5) is 8.48. The van der Waals surface area contributed by atoms with Crippen LogP contribution in [0.5, 0.6) is 5.75 Å². The van der Waals surface area contributed by atoms with Crippen LogP contribution in [0.25, 0.3) is 5.78 Å². The summed E-state index contributed by atoms with van der Waals surface area (Å²) in [7, 11) is 0. The van der Waals surface area contributed by atoms with Crippen molar-refractivity contribution in [2.45, 2.75) is 33.3 Å². The van der Waals surface area contributed by atoms with Crippen LogP contribution in [0.3, 0.4) is 0 Å². The first-order valence-corrected chi connectivity index (χ1v) is 7.81. The van der Waals surface area contributed by atoms with Gasteiger partial charge < -0.3 is 10.1 Å². The molecule has 0 saturated carbocycles. The molecule has 0 aliphatic heterocycles. The van der Waals surface area contributed by atoms with E-state index < -0.39 is 0 Å². The van der Waals surface area contributed by atoms with E-state index in [1.54, 1.807) is 4.52 Å². The lowest BCUT2D eigenvalue weighted by molar-refractivity contribution is 0.208. The summed E-state index contributed by atoms with van der Waals surface area (Å²) < 4.78 is 7.82. The molecule has 2 heterocycles. The minimum Gasteiger partial charge on any atom is -0.488 e. The van der Waals surface area contributed by atoms with Gasteiger partial charge in [0.25, 0.3) is 5.78 Å². The summed E-state index contributed by atoms with van der Waals surface area (Å²) >= 11 is 0. The fourth-order valence-corrected chi connectivity index (χ4v) is 2.41. The van der Waals surface area contributed by atoms with Gasteiger partial charge in [0, 0.05) is 11.8 Å². The fraction of sp³-hybridized carbons (Fsp3) is 0.353. The number of ether oxygens (including phenoxy) is 1. The Morgan fingerprint density at radius 2 is 2.09 bits per heavy atom. The van der Waals surface area contributed by atoms with Crippen molar-refractivity contribution in [2.24, 2.45) is 0 Å². The first-order chi connectivity index (χ1) is 11.2. The molecule has 6 nitrogen and oxygen atoms in total. The van der Waals surface area contributed by atoms with Crippen molar-refractivity contribution < 1.29 is 4.74 Å². The number of para-hydroxylation sites is 1. The molecular weight excluding hydrogens is 290 g/mol. The van der Waals surface area contributed by atoms with Crippen molar-refractivity contribution in [2.75, 3.05) is 11.9 Å². The van der Waals surface area contributed by atoms with Gasteiger partial charge in [-0.2, -0.15) is 14.6 Å². The quantitative estimate of drug-likeness (QED) is 0.758. The van der Waals surface area contributed by atoms with Crippen molar-refractivity contribution in [1.29, 1.82) is 0 Å². The molecule has 0 aliphatic rings. The highest BCUT2D eigenvalue weighted by atomic mass is 16.5. The molecule has 0 amide bonds. The number of benzene rings is 1. The first-order valence-electron chi connectivity index (χ1n) is 7.81. The van der Waals surface area contributed by atoms with Crippen LogP contribution in [-0.4, -0.2) is 32.2 Å². The highest BCUT2D eigenvalue weighted by Crippen LogP contribution is 2.19. The molecule has 0 saturated heterocycles. The number of fused-ring (bicyclic) bond motifs is 1. The summed E-state index contributed by atoms with van der Waals surface area (Å²) in [5.74, 6) is 2.40. The summed E-state index contributed by atoms with van der Waals surface area (Å²) in [6.07, 6.45) is 2.49. The predicted molar refractivity (Wildman–Crippen MR) is 89.9 cm³/mol. The molecule has 0 aliphatic carbocycles. The second-order valence-electron chi connectivity index (χ2n) is 5.55. The van der Waals surface area contributed by atoms with Crippen LogP contribution in [0.4, 0.5) is 5.82 Å². The summed E-state index contributed by atoms with van der Waals surface area (Å²) in [5.41, 5.74) is 2.05. The van der Waals surface area contributed by atoms with E-state index in [1.165, 1.54) is 6.33 Å². The van der Waals surface area contributed by atoms with Crippen LogP contribution >= 0.6 is 0 Å². The van der Waals surface area contributed by atoms with E-state index in [1.807, 2.05) is 31.2 Å². The second kappa shape index (κ2) is 6.64. The maximum Gasteiger partial charge on any atom is 0.254 e. The third kappa shape index (κ3) is 3.41. The van der Waals surface area contributed by atoms with E-state index in [9.17, 15) is 0 Å². The van der Waals surface area contributed by atoms with Gasteiger partial charge in [0.05, 0.1) is 6.54 Å². The van der Waals surface area contributed by atoms with Gasteiger partial charge in [0.15, 0.2) is 0 Å². The zero-order valence-electron chi connectivity index (χ0n) is 13.7. The number of nitrogens with one attached hydrogen (secondary N) is 1. The summed E-state index contributed by atoms with van der Waals surface area (Å²) in [5, 5.41) is 7.60. The molecule has 3 rings (SSSR count). The Morgan fingerprint density at radius 3 is 2.87 bits per heavy atom. The monoisotopic (exact) mass is 311 g/mol. The Labute approximate surface area is 135 Å². The van der Waals surface area contributed by atoms with E-state index >= 15 is 0 Å². The number of hydrogen-bond acceptors (Lipinski definition) is 5. The van der Waals surface area contributed by atoms with Crippen molar-refractivity contribution in [3.8, 4) is 5.75 Å². The molecule has 1 unspecified atom stereocenters. The van der Waals surface area contributed by atoms with E-state index in [0.29, 0.717) is 12.3 Å². The Morgan fingerprint density at radius 1 is 1.26 bits per heavy atom. The third-order valence-electron chi connectivity index (χ3n) is 3.73. The Bertz CT molecular complexity index is 799. The van der Waals surface area contributed by atoms with E-state index in [2.05, 4.69) is 40.3 Å². The van der Waals surface area contributed by atoms with Gasteiger partial charge in [-0.15, -0.1) is 0 Å². The lowest BCUT2D eigenvalue weighted by Gasteiger charge is -2.20. The van der Waals surface area contributed by atoms with Gasteiger partial charge in [0.1, 0.15) is 24.0 Å². The van der Waals surface area contributed by atoms with E-state index in [4.69, 9.17) is 4.74 Å².